The molecule has 20 heavy (non-hydrogen) atoms. The van der Waals surface area contributed by atoms with Crippen LogP contribution in [0.4, 0.5) is 4.39 Å². The minimum absolute atomic E-state index is 0.169. The number of furan rings is 1. The van der Waals surface area contributed by atoms with Gasteiger partial charge in [0.1, 0.15) is 11.4 Å². The molecule has 1 aromatic carbocycles. The summed E-state index contributed by atoms with van der Waals surface area (Å²) >= 11 is 0. The van der Waals surface area contributed by atoms with Gasteiger partial charge in [-0.2, -0.15) is 0 Å². The Hall–Kier alpha value is -1.84. The molecule has 1 aliphatic rings. The fourth-order valence-corrected chi connectivity index (χ4v) is 2.47. The smallest absolute Gasteiger partial charge is 0.289 e. The lowest BCUT2D eigenvalue weighted by Crippen LogP contribution is -2.28. The van der Waals surface area contributed by atoms with E-state index >= 15 is 0 Å². The second-order valence-electron chi connectivity index (χ2n) is 5.79. The van der Waals surface area contributed by atoms with Crippen molar-refractivity contribution in [2.75, 3.05) is 7.05 Å². The Morgan fingerprint density at radius 2 is 2.10 bits per heavy atom. The fourth-order valence-electron chi connectivity index (χ4n) is 2.47. The molecule has 1 aromatic heterocycles. The van der Waals surface area contributed by atoms with E-state index in [9.17, 15) is 9.18 Å². The zero-order chi connectivity index (χ0) is 14.4. The number of nitrogens with zero attached hydrogens (tertiary/aromatic N) is 1. The van der Waals surface area contributed by atoms with E-state index < -0.39 is 0 Å². The molecule has 0 N–H and O–H groups in total. The second-order valence-corrected chi connectivity index (χ2v) is 5.79. The lowest BCUT2D eigenvalue weighted by molar-refractivity contribution is 0.0755. The van der Waals surface area contributed by atoms with Gasteiger partial charge in [0.2, 0.25) is 0 Å². The Labute approximate surface area is 117 Å². The number of rotatable bonds is 3. The molecule has 2 aromatic rings. The summed E-state index contributed by atoms with van der Waals surface area (Å²) in [7, 11) is 1.77. The highest BCUT2D eigenvalue weighted by atomic mass is 19.1. The van der Waals surface area contributed by atoms with Crippen LogP contribution in [0.2, 0.25) is 0 Å². The van der Waals surface area contributed by atoms with Gasteiger partial charge in [0.25, 0.3) is 5.91 Å². The quantitative estimate of drug-likeness (QED) is 0.850. The molecule has 0 spiro atoms. The van der Waals surface area contributed by atoms with E-state index in [4.69, 9.17) is 4.42 Å². The largest absolute Gasteiger partial charge is 0.450 e. The third kappa shape index (κ3) is 2.09. The molecule has 106 valence electrons. The normalized spacial score (nSPS) is 15.1. The summed E-state index contributed by atoms with van der Waals surface area (Å²) in [4.78, 5) is 14.0. The molecule has 0 atom stereocenters. The predicted molar refractivity (Wildman–Crippen MR) is 75.4 cm³/mol. The molecule has 3 rings (SSSR count). The number of amides is 1. The number of carbonyl (C=O) groups excluding carboxylic acids is 1. The highest BCUT2D eigenvalue weighted by Crippen LogP contribution is 2.32. The van der Waals surface area contributed by atoms with E-state index in [2.05, 4.69) is 0 Å². The van der Waals surface area contributed by atoms with E-state index in [1.165, 1.54) is 12.1 Å². The molecule has 0 bridgehead atoms. The molecule has 4 heteroatoms. The summed E-state index contributed by atoms with van der Waals surface area (Å²) in [5, 5.41) is 0.392. The SMILES string of the molecule is CC(C)c1ccc(F)c2cc(C(=O)N(C)C3CC3)oc12. The van der Waals surface area contributed by atoms with Crippen LogP contribution in [0.25, 0.3) is 11.0 Å². The van der Waals surface area contributed by atoms with Crippen molar-refractivity contribution in [1.82, 2.24) is 4.90 Å². The number of carbonyl (C=O) groups is 1. The van der Waals surface area contributed by atoms with Crippen molar-refractivity contribution in [3.63, 3.8) is 0 Å². The molecule has 1 fully saturated rings. The Morgan fingerprint density at radius 1 is 1.40 bits per heavy atom. The first kappa shape index (κ1) is 13.2. The van der Waals surface area contributed by atoms with Crippen LogP contribution < -0.4 is 0 Å². The predicted octanol–water partition coefficient (Wildman–Crippen LogP) is 3.93. The first-order valence-corrected chi connectivity index (χ1v) is 6.98. The Morgan fingerprint density at radius 3 is 2.70 bits per heavy atom. The summed E-state index contributed by atoms with van der Waals surface area (Å²) in [5.74, 6) is -0.0751. The van der Waals surface area contributed by atoms with Gasteiger partial charge in [-0.3, -0.25) is 4.79 Å². The van der Waals surface area contributed by atoms with Gasteiger partial charge in [-0.25, -0.2) is 4.39 Å². The zero-order valence-electron chi connectivity index (χ0n) is 11.9. The van der Waals surface area contributed by atoms with Crippen LogP contribution in [-0.2, 0) is 0 Å². The van der Waals surface area contributed by atoms with Gasteiger partial charge in [0.15, 0.2) is 5.76 Å². The van der Waals surface area contributed by atoms with Crippen molar-refractivity contribution >= 4 is 16.9 Å². The Bertz CT molecular complexity index is 670. The molecule has 3 nitrogen and oxygen atoms in total. The minimum atomic E-state index is -0.346. The molecule has 1 saturated carbocycles. The van der Waals surface area contributed by atoms with E-state index in [-0.39, 0.29) is 23.4 Å². The average Bonchev–Trinajstić information content (AvgIpc) is 3.16. The van der Waals surface area contributed by atoms with Crippen LogP contribution >= 0.6 is 0 Å². The Balaban J connectivity index is 2.07. The molecular formula is C16H18FNO2. The van der Waals surface area contributed by atoms with Crippen LogP contribution in [0.15, 0.2) is 22.6 Å². The number of hydrogen-bond acceptors (Lipinski definition) is 2. The maximum Gasteiger partial charge on any atom is 0.289 e. The van der Waals surface area contributed by atoms with Crippen molar-refractivity contribution in [3.8, 4) is 0 Å². The first-order chi connectivity index (χ1) is 9.49. The minimum Gasteiger partial charge on any atom is -0.450 e. The maximum atomic E-state index is 13.9. The van der Waals surface area contributed by atoms with Crippen LogP contribution in [0.1, 0.15) is 48.7 Å². The number of hydrogen-bond donors (Lipinski definition) is 0. The highest BCUT2D eigenvalue weighted by Gasteiger charge is 2.32. The van der Waals surface area contributed by atoms with Gasteiger partial charge in [0.05, 0.1) is 5.39 Å². The van der Waals surface area contributed by atoms with Crippen molar-refractivity contribution in [2.45, 2.75) is 38.6 Å². The third-order valence-corrected chi connectivity index (χ3v) is 3.91. The standard InChI is InChI=1S/C16H18FNO2/c1-9(2)11-6-7-13(17)12-8-14(20-15(11)12)16(19)18(3)10-4-5-10/h6-10H,4-5H2,1-3H3. The molecule has 1 aliphatic carbocycles. The van der Waals surface area contributed by atoms with E-state index in [0.717, 1.165) is 18.4 Å². The molecule has 1 amide bonds. The molecule has 0 radical (unpaired) electrons. The van der Waals surface area contributed by atoms with Crippen molar-refractivity contribution in [2.24, 2.45) is 0 Å². The van der Waals surface area contributed by atoms with Gasteiger partial charge in [0, 0.05) is 19.2 Å². The van der Waals surface area contributed by atoms with Crippen LogP contribution in [0.3, 0.4) is 0 Å². The number of fused-ring (bicyclic) bond motifs is 1. The summed E-state index contributed by atoms with van der Waals surface area (Å²) in [6.45, 7) is 4.04. The van der Waals surface area contributed by atoms with Crippen LogP contribution in [0, 0.1) is 5.82 Å². The van der Waals surface area contributed by atoms with Crippen molar-refractivity contribution in [1.29, 1.82) is 0 Å². The summed E-state index contributed by atoms with van der Waals surface area (Å²) in [6.07, 6.45) is 2.07. The first-order valence-electron chi connectivity index (χ1n) is 6.98. The second kappa shape index (κ2) is 4.62. The zero-order valence-corrected chi connectivity index (χ0v) is 11.9. The molecule has 0 unspecified atom stereocenters. The van der Waals surface area contributed by atoms with E-state index in [1.54, 1.807) is 18.0 Å². The van der Waals surface area contributed by atoms with Gasteiger partial charge in [-0.1, -0.05) is 19.9 Å². The molecule has 0 aliphatic heterocycles. The fraction of sp³-hybridized carbons (Fsp3) is 0.438. The molecular weight excluding hydrogens is 257 g/mol. The lowest BCUT2D eigenvalue weighted by atomic mass is 10.0. The van der Waals surface area contributed by atoms with Crippen molar-refractivity contribution < 1.29 is 13.6 Å². The Kier molecular flexibility index (Phi) is 3.04. The van der Waals surface area contributed by atoms with E-state index in [1.807, 2.05) is 13.8 Å². The number of benzene rings is 1. The van der Waals surface area contributed by atoms with Crippen LogP contribution in [-0.4, -0.2) is 23.9 Å². The van der Waals surface area contributed by atoms with Gasteiger partial charge < -0.3 is 9.32 Å². The topological polar surface area (TPSA) is 33.5 Å². The van der Waals surface area contributed by atoms with Crippen LogP contribution in [0.5, 0.6) is 0 Å². The molecule has 0 saturated heterocycles. The maximum absolute atomic E-state index is 13.9. The van der Waals surface area contributed by atoms with Gasteiger partial charge in [-0.15, -0.1) is 0 Å². The summed E-state index contributed by atoms with van der Waals surface area (Å²) in [6, 6.07) is 5.00. The molecule has 1 heterocycles. The van der Waals surface area contributed by atoms with E-state index in [0.29, 0.717) is 17.0 Å². The monoisotopic (exact) mass is 275 g/mol. The lowest BCUT2D eigenvalue weighted by Gasteiger charge is -2.13. The number of halogens is 1. The van der Waals surface area contributed by atoms with Crippen molar-refractivity contribution in [3.05, 3.63) is 35.3 Å². The summed E-state index contributed by atoms with van der Waals surface area (Å²) in [5.41, 5.74) is 1.42. The highest BCUT2D eigenvalue weighted by molar-refractivity contribution is 5.97. The average molecular weight is 275 g/mol. The third-order valence-electron chi connectivity index (χ3n) is 3.91. The van der Waals surface area contributed by atoms with Gasteiger partial charge >= 0.3 is 0 Å². The van der Waals surface area contributed by atoms with Gasteiger partial charge in [-0.05, 0) is 30.4 Å². The summed E-state index contributed by atoms with van der Waals surface area (Å²) < 4.78 is 19.6.